The van der Waals surface area contributed by atoms with Crippen LogP contribution in [0.2, 0.25) is 0 Å². The van der Waals surface area contributed by atoms with Gasteiger partial charge in [-0.05, 0) is 20.3 Å². The lowest BCUT2D eigenvalue weighted by Gasteiger charge is -2.00. The molecule has 0 aliphatic heterocycles. The summed E-state index contributed by atoms with van der Waals surface area (Å²) >= 11 is 0. The summed E-state index contributed by atoms with van der Waals surface area (Å²) in [4.78, 5) is 12.6. The number of unbranched alkanes of at least 4 members (excludes halogenated alkanes) is 1. The van der Waals surface area contributed by atoms with Gasteiger partial charge in [-0.2, -0.15) is 0 Å². The fourth-order valence-corrected chi connectivity index (χ4v) is 1.13. The van der Waals surface area contributed by atoms with Gasteiger partial charge >= 0.3 is 0 Å². The molecule has 0 amide bonds. The molecule has 0 radical (unpaired) electrons. The highest BCUT2D eigenvalue weighted by Crippen LogP contribution is 1.99. The van der Waals surface area contributed by atoms with Gasteiger partial charge in [-0.25, -0.2) is 15.0 Å². The number of hydrogen-bond acceptors (Lipinski definition) is 3. The zero-order valence-electron chi connectivity index (χ0n) is 7.96. The predicted molar refractivity (Wildman–Crippen MR) is 47.9 cm³/mol. The smallest absolute Gasteiger partial charge is 0.132 e. The molecule has 1 heterocycles. The van der Waals surface area contributed by atoms with E-state index in [4.69, 9.17) is 0 Å². The lowest BCUT2D eigenvalue weighted by molar-refractivity contribution is 0.727. The Hall–Kier alpha value is -0.990. The average Bonchev–Trinajstić information content (AvgIpc) is 1.99. The summed E-state index contributed by atoms with van der Waals surface area (Å²) < 4.78 is 0. The van der Waals surface area contributed by atoms with Gasteiger partial charge in [0.25, 0.3) is 0 Å². The van der Waals surface area contributed by atoms with E-state index in [1.165, 1.54) is 6.42 Å². The summed E-state index contributed by atoms with van der Waals surface area (Å²) in [7, 11) is 0. The van der Waals surface area contributed by atoms with E-state index < -0.39 is 0 Å². The van der Waals surface area contributed by atoms with Gasteiger partial charge in [0.1, 0.15) is 17.5 Å². The van der Waals surface area contributed by atoms with Crippen molar-refractivity contribution in [2.75, 3.05) is 0 Å². The quantitative estimate of drug-likeness (QED) is 0.685. The normalized spacial score (nSPS) is 10.2. The lowest BCUT2D eigenvalue weighted by atomic mass is 10.2. The third kappa shape index (κ3) is 2.57. The molecule has 0 saturated carbocycles. The summed E-state index contributed by atoms with van der Waals surface area (Å²) in [5, 5.41) is 0. The van der Waals surface area contributed by atoms with Crippen molar-refractivity contribution < 1.29 is 0 Å². The highest BCUT2D eigenvalue weighted by molar-refractivity contribution is 4.94. The Labute approximate surface area is 73.3 Å². The molecule has 66 valence electrons. The van der Waals surface area contributed by atoms with Crippen LogP contribution >= 0.6 is 0 Å². The molecule has 0 aliphatic carbocycles. The number of aryl methyl sites for hydroxylation is 3. The molecule has 0 bridgehead atoms. The number of rotatable bonds is 3. The Bertz CT molecular complexity index is 238. The fraction of sp³-hybridized carbons (Fsp3) is 0.667. The molecule has 0 unspecified atom stereocenters. The van der Waals surface area contributed by atoms with E-state index in [9.17, 15) is 0 Å². The van der Waals surface area contributed by atoms with E-state index in [0.717, 1.165) is 30.3 Å². The van der Waals surface area contributed by atoms with Gasteiger partial charge in [-0.15, -0.1) is 0 Å². The minimum absolute atomic E-state index is 0.827. The second kappa shape index (κ2) is 4.14. The second-order valence-corrected chi connectivity index (χ2v) is 2.95. The molecule has 0 fully saturated rings. The molecular weight excluding hydrogens is 150 g/mol. The first-order valence-electron chi connectivity index (χ1n) is 4.40. The second-order valence-electron chi connectivity index (χ2n) is 2.95. The zero-order chi connectivity index (χ0) is 8.97. The largest absolute Gasteiger partial charge is 0.219 e. The molecule has 0 aromatic carbocycles. The van der Waals surface area contributed by atoms with Crippen LogP contribution in [0, 0.1) is 13.8 Å². The molecule has 0 N–H and O–H groups in total. The van der Waals surface area contributed by atoms with Crippen molar-refractivity contribution in [3.63, 3.8) is 0 Å². The first-order chi connectivity index (χ1) is 5.72. The highest BCUT2D eigenvalue weighted by atomic mass is 15.0. The van der Waals surface area contributed by atoms with E-state index in [2.05, 4.69) is 21.9 Å². The van der Waals surface area contributed by atoms with E-state index in [0.29, 0.717) is 0 Å². The van der Waals surface area contributed by atoms with Crippen molar-refractivity contribution in [3.05, 3.63) is 17.5 Å². The highest BCUT2D eigenvalue weighted by Gasteiger charge is 1.98. The Balaban J connectivity index is 2.72. The first kappa shape index (κ1) is 9.10. The average molecular weight is 165 g/mol. The molecule has 12 heavy (non-hydrogen) atoms. The molecule has 0 atom stereocenters. The number of nitrogens with zero attached hydrogens (tertiary/aromatic N) is 3. The lowest BCUT2D eigenvalue weighted by Crippen LogP contribution is -2.02. The van der Waals surface area contributed by atoms with Gasteiger partial charge in [0.05, 0.1) is 0 Å². The van der Waals surface area contributed by atoms with Crippen molar-refractivity contribution in [3.8, 4) is 0 Å². The summed E-state index contributed by atoms with van der Waals surface area (Å²) in [5.41, 5.74) is 0. The molecule has 1 rings (SSSR count). The summed E-state index contributed by atoms with van der Waals surface area (Å²) in [6, 6.07) is 0. The van der Waals surface area contributed by atoms with Gasteiger partial charge in [0, 0.05) is 6.42 Å². The molecule has 0 aliphatic rings. The molecular formula is C9H15N3. The topological polar surface area (TPSA) is 38.7 Å². The molecule has 1 aromatic rings. The third-order valence-corrected chi connectivity index (χ3v) is 1.66. The van der Waals surface area contributed by atoms with Crippen molar-refractivity contribution in [1.82, 2.24) is 15.0 Å². The maximum absolute atomic E-state index is 4.25. The molecule has 1 aromatic heterocycles. The van der Waals surface area contributed by atoms with Crippen LogP contribution in [0.4, 0.5) is 0 Å². The van der Waals surface area contributed by atoms with Crippen LogP contribution in [0.15, 0.2) is 0 Å². The van der Waals surface area contributed by atoms with Gasteiger partial charge in [0.15, 0.2) is 0 Å². The van der Waals surface area contributed by atoms with Crippen LogP contribution in [0.25, 0.3) is 0 Å². The minimum Gasteiger partial charge on any atom is -0.219 e. The standard InChI is InChI=1S/C9H15N3/c1-4-5-6-9-11-7(2)10-8(3)12-9/h4-6H2,1-3H3. The number of aromatic nitrogens is 3. The van der Waals surface area contributed by atoms with Crippen LogP contribution in [0.1, 0.15) is 37.2 Å². The minimum atomic E-state index is 0.827. The Morgan fingerprint density at radius 3 is 2.08 bits per heavy atom. The van der Waals surface area contributed by atoms with Crippen molar-refractivity contribution in [2.45, 2.75) is 40.0 Å². The molecule has 3 heteroatoms. The molecule has 0 spiro atoms. The van der Waals surface area contributed by atoms with Gasteiger partial charge in [-0.3, -0.25) is 0 Å². The Morgan fingerprint density at radius 2 is 1.58 bits per heavy atom. The van der Waals surface area contributed by atoms with Crippen LogP contribution < -0.4 is 0 Å². The Kier molecular flexibility index (Phi) is 3.14. The zero-order valence-corrected chi connectivity index (χ0v) is 7.96. The number of hydrogen-bond donors (Lipinski definition) is 0. The maximum atomic E-state index is 4.25. The monoisotopic (exact) mass is 165 g/mol. The fourth-order valence-electron chi connectivity index (χ4n) is 1.13. The SMILES string of the molecule is CCCCc1nc(C)nc(C)n1. The first-order valence-corrected chi connectivity index (χ1v) is 4.40. The van der Waals surface area contributed by atoms with Crippen LogP contribution in [-0.4, -0.2) is 15.0 Å². The van der Waals surface area contributed by atoms with Crippen molar-refractivity contribution >= 4 is 0 Å². The van der Waals surface area contributed by atoms with Crippen molar-refractivity contribution in [2.24, 2.45) is 0 Å². The van der Waals surface area contributed by atoms with E-state index >= 15 is 0 Å². The van der Waals surface area contributed by atoms with E-state index in [1.54, 1.807) is 0 Å². The van der Waals surface area contributed by atoms with E-state index in [-0.39, 0.29) is 0 Å². The van der Waals surface area contributed by atoms with Gasteiger partial charge in [0.2, 0.25) is 0 Å². The maximum Gasteiger partial charge on any atom is 0.132 e. The Morgan fingerprint density at radius 1 is 1.00 bits per heavy atom. The summed E-state index contributed by atoms with van der Waals surface area (Å²) in [5.74, 6) is 2.59. The molecule has 0 saturated heterocycles. The summed E-state index contributed by atoms with van der Waals surface area (Å²) in [6.07, 6.45) is 3.31. The van der Waals surface area contributed by atoms with Crippen LogP contribution in [0.5, 0.6) is 0 Å². The molecule has 3 nitrogen and oxygen atoms in total. The van der Waals surface area contributed by atoms with Crippen LogP contribution in [0.3, 0.4) is 0 Å². The van der Waals surface area contributed by atoms with Crippen molar-refractivity contribution in [1.29, 1.82) is 0 Å². The third-order valence-electron chi connectivity index (χ3n) is 1.66. The summed E-state index contributed by atoms with van der Waals surface area (Å²) in [6.45, 7) is 5.98. The van der Waals surface area contributed by atoms with E-state index in [1.807, 2.05) is 13.8 Å². The van der Waals surface area contributed by atoms with Crippen LogP contribution in [-0.2, 0) is 6.42 Å². The predicted octanol–water partition coefficient (Wildman–Crippen LogP) is 1.83. The van der Waals surface area contributed by atoms with Gasteiger partial charge < -0.3 is 0 Å². The van der Waals surface area contributed by atoms with Gasteiger partial charge in [-0.1, -0.05) is 13.3 Å².